The summed E-state index contributed by atoms with van der Waals surface area (Å²) in [7, 11) is 1.83. The van der Waals surface area contributed by atoms with Gasteiger partial charge in [-0.3, -0.25) is 4.68 Å². The van der Waals surface area contributed by atoms with Gasteiger partial charge in [-0.05, 0) is 24.1 Å². The monoisotopic (exact) mass is 291 g/mol. The van der Waals surface area contributed by atoms with Gasteiger partial charge in [0.2, 0.25) is 0 Å². The number of nitrogens with zero attached hydrogens (tertiary/aromatic N) is 2. The minimum absolute atomic E-state index is 0.0502. The molecule has 1 heterocycles. The summed E-state index contributed by atoms with van der Waals surface area (Å²) in [5.74, 6) is -1.30. The molecule has 0 aliphatic carbocycles. The Morgan fingerprint density at radius 3 is 2.81 bits per heavy atom. The highest BCUT2D eigenvalue weighted by Gasteiger charge is 2.13. The number of aryl methyl sites for hydroxylation is 1. The van der Waals surface area contributed by atoms with Gasteiger partial charge in [-0.15, -0.1) is 0 Å². The van der Waals surface area contributed by atoms with Crippen LogP contribution in [0, 0.1) is 5.82 Å². The third-order valence-corrected chi connectivity index (χ3v) is 3.17. The van der Waals surface area contributed by atoms with Gasteiger partial charge in [0.15, 0.2) is 0 Å². The second-order valence-corrected chi connectivity index (χ2v) is 5.22. The van der Waals surface area contributed by atoms with Crippen molar-refractivity contribution in [2.24, 2.45) is 7.05 Å². The van der Waals surface area contributed by atoms with Crippen LogP contribution >= 0.6 is 0 Å². The van der Waals surface area contributed by atoms with Crippen LogP contribution in [0.2, 0.25) is 0 Å². The van der Waals surface area contributed by atoms with Crippen molar-refractivity contribution in [3.05, 3.63) is 47.0 Å². The molecule has 0 amide bonds. The molecule has 1 aromatic carbocycles. The predicted molar refractivity (Wildman–Crippen MR) is 78.0 cm³/mol. The van der Waals surface area contributed by atoms with E-state index in [1.807, 2.05) is 27.1 Å². The normalized spacial score (nSPS) is 10.9. The Hall–Kier alpha value is -2.37. The van der Waals surface area contributed by atoms with Gasteiger partial charge in [0.25, 0.3) is 0 Å². The summed E-state index contributed by atoms with van der Waals surface area (Å²) in [6.45, 7) is 4.47. The zero-order valence-electron chi connectivity index (χ0n) is 12.2. The molecule has 5 nitrogen and oxygen atoms in total. The number of carboxylic acid groups (broad SMARTS) is 1. The van der Waals surface area contributed by atoms with E-state index in [1.165, 1.54) is 12.1 Å². The molecule has 0 bridgehead atoms. The van der Waals surface area contributed by atoms with Gasteiger partial charge in [-0.25, -0.2) is 9.18 Å². The van der Waals surface area contributed by atoms with Crippen molar-refractivity contribution >= 4 is 11.7 Å². The molecule has 0 saturated carbocycles. The lowest BCUT2D eigenvalue weighted by molar-refractivity contribution is 0.0697. The fraction of sp³-hybridized carbons (Fsp3) is 0.333. The van der Waals surface area contributed by atoms with E-state index in [9.17, 15) is 9.18 Å². The third kappa shape index (κ3) is 3.39. The average Bonchev–Trinajstić information content (AvgIpc) is 2.79. The molecule has 2 aromatic rings. The molecule has 2 rings (SSSR count). The molecule has 112 valence electrons. The molecule has 0 saturated heterocycles. The van der Waals surface area contributed by atoms with E-state index >= 15 is 0 Å². The molecule has 1 aromatic heterocycles. The van der Waals surface area contributed by atoms with Gasteiger partial charge < -0.3 is 10.4 Å². The summed E-state index contributed by atoms with van der Waals surface area (Å²) in [6.07, 6.45) is 1.88. The lowest BCUT2D eigenvalue weighted by atomic mass is 10.1. The number of hydrogen-bond donors (Lipinski definition) is 2. The number of hydrogen-bond acceptors (Lipinski definition) is 3. The van der Waals surface area contributed by atoms with Gasteiger partial charge in [0, 0.05) is 25.4 Å². The highest BCUT2D eigenvalue weighted by molar-refractivity contribution is 5.88. The number of anilines is 1. The molecule has 0 spiro atoms. The van der Waals surface area contributed by atoms with E-state index < -0.39 is 11.8 Å². The number of halogens is 1. The maximum Gasteiger partial charge on any atom is 0.335 e. The second-order valence-electron chi connectivity index (χ2n) is 5.22. The molecule has 0 unspecified atom stereocenters. The molecule has 21 heavy (non-hydrogen) atoms. The summed E-state index contributed by atoms with van der Waals surface area (Å²) in [5, 5.41) is 16.3. The van der Waals surface area contributed by atoms with E-state index in [4.69, 9.17) is 5.11 Å². The summed E-state index contributed by atoms with van der Waals surface area (Å²) in [5.41, 5.74) is 2.13. The molecule has 0 aliphatic rings. The number of aromatic carboxylic acids is 1. The minimum Gasteiger partial charge on any atom is -0.478 e. The topological polar surface area (TPSA) is 67.2 Å². The lowest BCUT2D eigenvalue weighted by Crippen LogP contribution is -2.06. The lowest BCUT2D eigenvalue weighted by Gasteiger charge is -2.09. The zero-order valence-corrected chi connectivity index (χ0v) is 12.2. The van der Waals surface area contributed by atoms with Crippen LogP contribution in [0.4, 0.5) is 10.1 Å². The first-order valence-corrected chi connectivity index (χ1v) is 6.67. The highest BCUT2D eigenvalue weighted by Crippen LogP contribution is 2.21. The summed E-state index contributed by atoms with van der Waals surface area (Å²) in [6, 6.07) is 3.69. The molecule has 6 heteroatoms. The fourth-order valence-electron chi connectivity index (χ4n) is 2.16. The second kappa shape index (κ2) is 5.95. The smallest absolute Gasteiger partial charge is 0.335 e. The van der Waals surface area contributed by atoms with Crippen LogP contribution in [-0.4, -0.2) is 20.9 Å². The number of nitrogens with one attached hydrogen (secondary N) is 1. The Kier molecular flexibility index (Phi) is 4.26. The quantitative estimate of drug-likeness (QED) is 0.888. The van der Waals surface area contributed by atoms with Crippen LogP contribution < -0.4 is 5.32 Å². The Bertz CT molecular complexity index is 665. The van der Waals surface area contributed by atoms with Gasteiger partial charge in [0.05, 0.1) is 16.9 Å². The Balaban J connectivity index is 2.20. The van der Waals surface area contributed by atoms with Crippen LogP contribution in [0.15, 0.2) is 24.4 Å². The van der Waals surface area contributed by atoms with Gasteiger partial charge in [-0.1, -0.05) is 13.8 Å². The van der Waals surface area contributed by atoms with Crippen molar-refractivity contribution in [1.82, 2.24) is 9.78 Å². The van der Waals surface area contributed by atoms with Crippen LogP contribution in [0.1, 0.15) is 41.4 Å². The van der Waals surface area contributed by atoms with Crippen LogP contribution in [0.25, 0.3) is 0 Å². The largest absolute Gasteiger partial charge is 0.478 e. The first kappa shape index (κ1) is 15.0. The zero-order chi connectivity index (χ0) is 15.6. The van der Waals surface area contributed by atoms with Gasteiger partial charge in [0.1, 0.15) is 5.82 Å². The molecule has 0 radical (unpaired) electrons. The van der Waals surface area contributed by atoms with E-state index in [0.717, 1.165) is 17.3 Å². The number of benzene rings is 1. The Labute approximate surface area is 122 Å². The maximum absolute atomic E-state index is 13.7. The SMILES string of the molecule is CC(C)c1nn(C)cc1CNc1cc(C(=O)O)ccc1F. The maximum atomic E-state index is 13.7. The first-order valence-electron chi connectivity index (χ1n) is 6.67. The predicted octanol–water partition coefficient (Wildman–Crippen LogP) is 2.99. The summed E-state index contributed by atoms with van der Waals surface area (Å²) >= 11 is 0. The van der Waals surface area contributed by atoms with Crippen molar-refractivity contribution in [2.45, 2.75) is 26.3 Å². The molecular weight excluding hydrogens is 273 g/mol. The van der Waals surface area contributed by atoms with Crippen LogP contribution in [0.3, 0.4) is 0 Å². The Morgan fingerprint density at radius 2 is 2.19 bits per heavy atom. The van der Waals surface area contributed by atoms with E-state index in [2.05, 4.69) is 10.4 Å². The third-order valence-electron chi connectivity index (χ3n) is 3.17. The van der Waals surface area contributed by atoms with Crippen molar-refractivity contribution in [2.75, 3.05) is 5.32 Å². The number of carbonyl (C=O) groups is 1. The molecule has 2 N–H and O–H groups in total. The molecular formula is C15H18FN3O2. The summed E-state index contributed by atoms with van der Waals surface area (Å²) in [4.78, 5) is 10.9. The van der Waals surface area contributed by atoms with E-state index in [0.29, 0.717) is 6.54 Å². The number of carboxylic acids is 1. The van der Waals surface area contributed by atoms with E-state index in [1.54, 1.807) is 4.68 Å². The van der Waals surface area contributed by atoms with Crippen molar-refractivity contribution in [3.63, 3.8) is 0 Å². The molecule has 0 fully saturated rings. The van der Waals surface area contributed by atoms with E-state index in [-0.39, 0.29) is 17.2 Å². The minimum atomic E-state index is -1.08. The number of aromatic nitrogens is 2. The summed E-state index contributed by atoms with van der Waals surface area (Å²) < 4.78 is 15.4. The van der Waals surface area contributed by atoms with Crippen LogP contribution in [-0.2, 0) is 13.6 Å². The standard InChI is InChI=1S/C15H18FN3O2/c1-9(2)14-11(8-19(3)18-14)7-17-13-6-10(15(20)21)4-5-12(13)16/h4-6,8-9,17H,7H2,1-3H3,(H,20,21). The van der Waals surface area contributed by atoms with Crippen molar-refractivity contribution in [3.8, 4) is 0 Å². The molecule has 0 aliphatic heterocycles. The first-order chi connectivity index (χ1) is 9.88. The number of rotatable bonds is 5. The molecule has 0 atom stereocenters. The van der Waals surface area contributed by atoms with Gasteiger partial charge in [-0.2, -0.15) is 5.10 Å². The average molecular weight is 291 g/mol. The fourth-order valence-corrected chi connectivity index (χ4v) is 2.16. The van der Waals surface area contributed by atoms with Gasteiger partial charge >= 0.3 is 5.97 Å². The Morgan fingerprint density at radius 1 is 1.48 bits per heavy atom. The van der Waals surface area contributed by atoms with Crippen LogP contribution in [0.5, 0.6) is 0 Å². The van der Waals surface area contributed by atoms with Crippen molar-refractivity contribution in [1.29, 1.82) is 0 Å². The van der Waals surface area contributed by atoms with Crippen molar-refractivity contribution < 1.29 is 14.3 Å². The highest BCUT2D eigenvalue weighted by atomic mass is 19.1.